The average molecular weight is 434 g/mol. The Labute approximate surface area is 141 Å². The van der Waals surface area contributed by atoms with Crippen molar-refractivity contribution in [3.8, 4) is 0 Å². The Balaban J connectivity index is 2.03. The van der Waals surface area contributed by atoms with Crippen LogP contribution in [0.1, 0.15) is 15.2 Å². The summed E-state index contributed by atoms with van der Waals surface area (Å²) in [4.78, 5) is 24.0. The van der Waals surface area contributed by atoms with Crippen LogP contribution in [0, 0.1) is 0 Å². The Bertz CT molecular complexity index is 688. The molecule has 0 saturated carbocycles. The van der Waals surface area contributed by atoms with E-state index in [4.69, 9.17) is 5.11 Å². The van der Waals surface area contributed by atoms with Crippen molar-refractivity contribution >= 4 is 60.9 Å². The summed E-state index contributed by atoms with van der Waals surface area (Å²) in [5, 5.41) is 16.3. The predicted octanol–water partition coefficient (Wildman–Crippen LogP) is 4.29. The monoisotopic (exact) mass is 432 g/mol. The van der Waals surface area contributed by atoms with Gasteiger partial charge in [-0.3, -0.25) is 0 Å². The SMILES string of the molecule is O=C(NCc1sccc1Br)Nc1ccc(Br)cc1C(=O)O. The van der Waals surface area contributed by atoms with E-state index in [0.29, 0.717) is 11.0 Å². The minimum atomic E-state index is -1.10. The molecule has 0 aliphatic heterocycles. The molecule has 8 heteroatoms. The third kappa shape index (κ3) is 4.29. The van der Waals surface area contributed by atoms with Gasteiger partial charge in [0.2, 0.25) is 0 Å². The quantitative estimate of drug-likeness (QED) is 0.672. The molecule has 110 valence electrons. The number of aromatic carboxylic acids is 1. The number of carboxylic acid groups (broad SMARTS) is 1. The maximum Gasteiger partial charge on any atom is 0.337 e. The van der Waals surface area contributed by atoms with Gasteiger partial charge in [0.15, 0.2) is 0 Å². The van der Waals surface area contributed by atoms with E-state index in [1.807, 2.05) is 11.4 Å². The number of amides is 2. The summed E-state index contributed by atoms with van der Waals surface area (Å²) in [6.45, 7) is 0.364. The third-order valence-electron chi connectivity index (χ3n) is 2.56. The van der Waals surface area contributed by atoms with Gasteiger partial charge in [-0.05, 0) is 45.6 Å². The largest absolute Gasteiger partial charge is 0.478 e. The van der Waals surface area contributed by atoms with E-state index in [9.17, 15) is 9.59 Å². The standard InChI is InChI=1S/C13H10Br2N2O3S/c14-7-1-2-10(8(5-7)12(18)19)17-13(20)16-6-11-9(15)3-4-21-11/h1-5H,6H2,(H,18,19)(H2,16,17,20). The number of anilines is 1. The number of carbonyl (C=O) groups is 2. The lowest BCUT2D eigenvalue weighted by molar-refractivity contribution is 0.0698. The van der Waals surface area contributed by atoms with Crippen LogP contribution in [0.15, 0.2) is 38.6 Å². The summed E-state index contributed by atoms with van der Waals surface area (Å²) in [6, 6.07) is 6.08. The van der Waals surface area contributed by atoms with Gasteiger partial charge in [-0.2, -0.15) is 0 Å². The van der Waals surface area contributed by atoms with Gasteiger partial charge < -0.3 is 15.7 Å². The van der Waals surface area contributed by atoms with E-state index < -0.39 is 12.0 Å². The van der Waals surface area contributed by atoms with E-state index in [2.05, 4.69) is 42.5 Å². The maximum absolute atomic E-state index is 11.8. The van der Waals surface area contributed by atoms with Crippen molar-refractivity contribution < 1.29 is 14.7 Å². The maximum atomic E-state index is 11.8. The molecule has 5 nitrogen and oxygen atoms in total. The highest BCUT2D eigenvalue weighted by Crippen LogP contribution is 2.23. The van der Waals surface area contributed by atoms with Crippen molar-refractivity contribution in [1.29, 1.82) is 0 Å². The number of hydrogen-bond donors (Lipinski definition) is 3. The molecule has 1 aromatic heterocycles. The summed E-state index contributed by atoms with van der Waals surface area (Å²) < 4.78 is 1.57. The molecule has 0 spiro atoms. The lowest BCUT2D eigenvalue weighted by Gasteiger charge is -2.10. The Morgan fingerprint density at radius 2 is 2.00 bits per heavy atom. The van der Waals surface area contributed by atoms with Crippen molar-refractivity contribution in [3.05, 3.63) is 49.0 Å². The number of carbonyl (C=O) groups excluding carboxylic acids is 1. The van der Waals surface area contributed by atoms with Crippen LogP contribution in [0.2, 0.25) is 0 Å². The molecule has 0 aliphatic carbocycles. The van der Waals surface area contributed by atoms with Crippen molar-refractivity contribution in [1.82, 2.24) is 5.32 Å². The van der Waals surface area contributed by atoms with Gasteiger partial charge in [-0.1, -0.05) is 15.9 Å². The molecule has 0 unspecified atom stereocenters. The van der Waals surface area contributed by atoms with Gasteiger partial charge in [0, 0.05) is 13.8 Å². The van der Waals surface area contributed by atoms with Crippen molar-refractivity contribution in [2.45, 2.75) is 6.54 Å². The predicted molar refractivity (Wildman–Crippen MR) is 89.0 cm³/mol. The fourth-order valence-electron chi connectivity index (χ4n) is 1.58. The first-order chi connectivity index (χ1) is 9.97. The smallest absolute Gasteiger partial charge is 0.337 e. The van der Waals surface area contributed by atoms with E-state index in [0.717, 1.165) is 9.35 Å². The number of urea groups is 1. The molecule has 0 atom stereocenters. The fourth-order valence-corrected chi connectivity index (χ4v) is 3.37. The highest BCUT2D eigenvalue weighted by atomic mass is 79.9. The van der Waals surface area contributed by atoms with Crippen molar-refractivity contribution in [2.24, 2.45) is 0 Å². The number of nitrogens with one attached hydrogen (secondary N) is 2. The number of rotatable bonds is 4. The molecule has 0 saturated heterocycles. The number of halogens is 2. The highest BCUT2D eigenvalue weighted by molar-refractivity contribution is 9.10. The summed E-state index contributed by atoms with van der Waals surface area (Å²) in [7, 11) is 0. The van der Waals surface area contributed by atoms with Crippen LogP contribution in [0.5, 0.6) is 0 Å². The topological polar surface area (TPSA) is 78.4 Å². The van der Waals surface area contributed by atoms with Crippen LogP contribution in [-0.2, 0) is 6.54 Å². The van der Waals surface area contributed by atoms with Gasteiger partial charge >= 0.3 is 12.0 Å². The molecule has 2 amide bonds. The molecule has 0 bridgehead atoms. The number of carboxylic acids is 1. The summed E-state index contributed by atoms with van der Waals surface area (Å²) in [6.07, 6.45) is 0. The summed E-state index contributed by atoms with van der Waals surface area (Å²) in [5.41, 5.74) is 0.269. The first-order valence-corrected chi connectivity index (χ1v) is 8.23. The lowest BCUT2D eigenvalue weighted by Crippen LogP contribution is -2.28. The van der Waals surface area contributed by atoms with E-state index in [-0.39, 0.29) is 11.3 Å². The first-order valence-electron chi connectivity index (χ1n) is 5.77. The fraction of sp³-hybridized carbons (Fsp3) is 0.0769. The van der Waals surface area contributed by atoms with Gasteiger partial charge in [-0.15, -0.1) is 11.3 Å². The zero-order valence-corrected chi connectivity index (χ0v) is 14.5. The van der Waals surface area contributed by atoms with Gasteiger partial charge in [0.1, 0.15) is 0 Å². The van der Waals surface area contributed by atoms with Gasteiger partial charge in [0.05, 0.1) is 17.8 Å². The second-order valence-electron chi connectivity index (χ2n) is 3.99. The molecule has 2 rings (SSSR count). The number of hydrogen-bond acceptors (Lipinski definition) is 3. The highest BCUT2D eigenvalue weighted by Gasteiger charge is 2.13. The van der Waals surface area contributed by atoms with E-state index in [1.54, 1.807) is 6.07 Å². The first kappa shape index (κ1) is 16.0. The minimum absolute atomic E-state index is 0.0248. The Kier molecular flexibility index (Phi) is 5.38. The summed E-state index contributed by atoms with van der Waals surface area (Å²) >= 11 is 8.10. The lowest BCUT2D eigenvalue weighted by atomic mass is 10.2. The van der Waals surface area contributed by atoms with E-state index >= 15 is 0 Å². The molecular weight excluding hydrogens is 424 g/mol. The molecule has 0 aliphatic rings. The van der Waals surface area contributed by atoms with Gasteiger partial charge in [-0.25, -0.2) is 9.59 Å². The minimum Gasteiger partial charge on any atom is -0.478 e. The molecule has 2 aromatic rings. The average Bonchev–Trinajstić information content (AvgIpc) is 2.84. The molecule has 21 heavy (non-hydrogen) atoms. The number of thiophene rings is 1. The van der Waals surface area contributed by atoms with Crippen molar-refractivity contribution in [3.63, 3.8) is 0 Å². The normalized spacial score (nSPS) is 10.2. The van der Waals surface area contributed by atoms with Crippen LogP contribution >= 0.6 is 43.2 Å². The molecule has 3 N–H and O–H groups in total. The second-order valence-corrected chi connectivity index (χ2v) is 6.77. The second kappa shape index (κ2) is 7.06. The number of benzene rings is 1. The van der Waals surface area contributed by atoms with Crippen LogP contribution in [0.25, 0.3) is 0 Å². The Morgan fingerprint density at radius 1 is 1.24 bits per heavy atom. The van der Waals surface area contributed by atoms with Crippen LogP contribution in [0.3, 0.4) is 0 Å². The molecular formula is C13H10Br2N2O3S. The zero-order chi connectivity index (χ0) is 15.4. The third-order valence-corrected chi connectivity index (χ3v) is 4.98. The zero-order valence-electron chi connectivity index (χ0n) is 10.5. The van der Waals surface area contributed by atoms with Crippen LogP contribution in [0.4, 0.5) is 10.5 Å². The van der Waals surface area contributed by atoms with Crippen LogP contribution in [-0.4, -0.2) is 17.1 Å². The molecule has 0 fully saturated rings. The molecule has 1 heterocycles. The molecule has 0 radical (unpaired) electrons. The summed E-state index contributed by atoms with van der Waals surface area (Å²) in [5.74, 6) is -1.10. The van der Waals surface area contributed by atoms with E-state index in [1.165, 1.54) is 23.5 Å². The van der Waals surface area contributed by atoms with Crippen molar-refractivity contribution in [2.75, 3.05) is 5.32 Å². The van der Waals surface area contributed by atoms with Gasteiger partial charge in [0.25, 0.3) is 0 Å². The Hall–Kier alpha value is -1.38. The van der Waals surface area contributed by atoms with Crippen LogP contribution < -0.4 is 10.6 Å². The Morgan fingerprint density at radius 3 is 2.62 bits per heavy atom. The molecule has 1 aromatic carbocycles.